The molecule has 1 N–H and O–H groups in total. The molecule has 0 aromatic rings. The lowest BCUT2D eigenvalue weighted by molar-refractivity contribution is 0.159. The van der Waals surface area contributed by atoms with Crippen LogP contribution in [0.15, 0.2) is 0 Å². The Balaban J connectivity index is 2.31. The molecule has 0 amide bonds. The second kappa shape index (κ2) is 5.72. The number of hydrogen-bond acceptors (Lipinski definition) is 2. The highest BCUT2D eigenvalue weighted by Crippen LogP contribution is 2.16. The molecular formula is C12H26N2. The summed E-state index contributed by atoms with van der Waals surface area (Å²) < 4.78 is 0. The van der Waals surface area contributed by atoms with Gasteiger partial charge in [-0.1, -0.05) is 20.3 Å². The predicted molar refractivity (Wildman–Crippen MR) is 62.6 cm³/mol. The fourth-order valence-corrected chi connectivity index (χ4v) is 2.28. The van der Waals surface area contributed by atoms with Crippen LogP contribution in [0.25, 0.3) is 0 Å². The third-order valence-electron chi connectivity index (χ3n) is 3.52. The van der Waals surface area contributed by atoms with E-state index in [0.29, 0.717) is 6.04 Å². The van der Waals surface area contributed by atoms with Gasteiger partial charge in [0.1, 0.15) is 0 Å². The van der Waals surface area contributed by atoms with Gasteiger partial charge >= 0.3 is 0 Å². The lowest BCUT2D eigenvalue weighted by atomic mass is 9.98. The maximum Gasteiger partial charge on any atom is 0.0119 e. The van der Waals surface area contributed by atoms with E-state index in [1.165, 1.54) is 32.4 Å². The molecule has 1 heterocycles. The minimum Gasteiger partial charge on any atom is -0.314 e. The second-order valence-corrected chi connectivity index (χ2v) is 4.99. The van der Waals surface area contributed by atoms with Crippen molar-refractivity contribution in [3.8, 4) is 0 Å². The van der Waals surface area contributed by atoms with Crippen molar-refractivity contribution in [1.29, 1.82) is 0 Å². The fraction of sp³-hybridized carbons (Fsp3) is 1.00. The van der Waals surface area contributed by atoms with Crippen LogP contribution in [0.5, 0.6) is 0 Å². The SMILES string of the molecule is CCC(C)CN(C)C1CCNC(C)C1. The van der Waals surface area contributed by atoms with Gasteiger partial charge in [-0.25, -0.2) is 0 Å². The van der Waals surface area contributed by atoms with Crippen LogP contribution in [0.4, 0.5) is 0 Å². The van der Waals surface area contributed by atoms with Gasteiger partial charge in [0, 0.05) is 18.6 Å². The second-order valence-electron chi connectivity index (χ2n) is 4.99. The van der Waals surface area contributed by atoms with Crippen molar-refractivity contribution in [3.05, 3.63) is 0 Å². The van der Waals surface area contributed by atoms with Crippen molar-refractivity contribution in [3.63, 3.8) is 0 Å². The Hall–Kier alpha value is -0.0800. The van der Waals surface area contributed by atoms with Crippen molar-refractivity contribution in [1.82, 2.24) is 10.2 Å². The lowest BCUT2D eigenvalue weighted by Gasteiger charge is -2.36. The first-order valence-corrected chi connectivity index (χ1v) is 6.07. The van der Waals surface area contributed by atoms with Crippen molar-refractivity contribution in [2.75, 3.05) is 20.1 Å². The number of piperidine rings is 1. The first-order chi connectivity index (χ1) is 6.63. The van der Waals surface area contributed by atoms with Crippen LogP contribution in [0, 0.1) is 5.92 Å². The molecule has 3 atom stereocenters. The quantitative estimate of drug-likeness (QED) is 0.744. The highest BCUT2D eigenvalue weighted by Gasteiger charge is 2.22. The minimum atomic E-state index is 0.702. The van der Waals surface area contributed by atoms with Gasteiger partial charge < -0.3 is 10.2 Å². The molecule has 0 aliphatic carbocycles. The molecule has 1 rings (SSSR count). The summed E-state index contributed by atoms with van der Waals surface area (Å²) in [7, 11) is 2.29. The summed E-state index contributed by atoms with van der Waals surface area (Å²) in [6.07, 6.45) is 3.93. The highest BCUT2D eigenvalue weighted by atomic mass is 15.1. The lowest BCUT2D eigenvalue weighted by Crippen LogP contribution is -2.46. The molecule has 14 heavy (non-hydrogen) atoms. The molecule has 3 unspecified atom stereocenters. The monoisotopic (exact) mass is 198 g/mol. The summed E-state index contributed by atoms with van der Waals surface area (Å²) in [6.45, 7) is 9.37. The molecule has 1 aliphatic heterocycles. The third-order valence-corrected chi connectivity index (χ3v) is 3.52. The van der Waals surface area contributed by atoms with E-state index in [4.69, 9.17) is 0 Å². The molecule has 1 aliphatic rings. The molecule has 0 bridgehead atoms. The van der Waals surface area contributed by atoms with Gasteiger partial charge in [0.2, 0.25) is 0 Å². The van der Waals surface area contributed by atoms with Gasteiger partial charge in [-0.3, -0.25) is 0 Å². The number of hydrogen-bond donors (Lipinski definition) is 1. The largest absolute Gasteiger partial charge is 0.314 e. The summed E-state index contributed by atoms with van der Waals surface area (Å²) in [6, 6.07) is 1.51. The van der Waals surface area contributed by atoms with E-state index in [-0.39, 0.29) is 0 Å². The van der Waals surface area contributed by atoms with Gasteiger partial charge in [-0.15, -0.1) is 0 Å². The standard InChI is InChI=1S/C12H26N2/c1-5-10(2)9-14(4)12-6-7-13-11(3)8-12/h10-13H,5-9H2,1-4H3. The average Bonchev–Trinajstić information content (AvgIpc) is 2.17. The van der Waals surface area contributed by atoms with Gasteiger partial charge in [0.15, 0.2) is 0 Å². The van der Waals surface area contributed by atoms with E-state index >= 15 is 0 Å². The topological polar surface area (TPSA) is 15.3 Å². The number of nitrogens with zero attached hydrogens (tertiary/aromatic N) is 1. The molecule has 1 fully saturated rings. The Morgan fingerprint density at radius 1 is 1.50 bits per heavy atom. The highest BCUT2D eigenvalue weighted by molar-refractivity contribution is 4.81. The molecule has 0 aromatic heterocycles. The Labute approximate surface area is 89.1 Å². The van der Waals surface area contributed by atoms with Crippen molar-refractivity contribution >= 4 is 0 Å². The Morgan fingerprint density at radius 2 is 2.21 bits per heavy atom. The minimum absolute atomic E-state index is 0.702. The maximum atomic E-state index is 3.51. The fourth-order valence-electron chi connectivity index (χ4n) is 2.28. The smallest absolute Gasteiger partial charge is 0.0119 e. The normalized spacial score (nSPS) is 30.6. The zero-order chi connectivity index (χ0) is 10.6. The van der Waals surface area contributed by atoms with Gasteiger partial charge in [0.25, 0.3) is 0 Å². The molecule has 84 valence electrons. The third kappa shape index (κ3) is 3.58. The van der Waals surface area contributed by atoms with E-state index in [1.54, 1.807) is 0 Å². The van der Waals surface area contributed by atoms with Gasteiger partial charge in [-0.2, -0.15) is 0 Å². The Kier molecular flexibility index (Phi) is 4.90. The van der Waals surface area contributed by atoms with Crippen molar-refractivity contribution in [2.24, 2.45) is 5.92 Å². The van der Waals surface area contributed by atoms with Crippen molar-refractivity contribution < 1.29 is 0 Å². The van der Waals surface area contributed by atoms with Crippen LogP contribution >= 0.6 is 0 Å². The average molecular weight is 198 g/mol. The maximum absolute atomic E-state index is 3.51. The zero-order valence-corrected chi connectivity index (χ0v) is 10.2. The molecule has 0 aromatic carbocycles. The molecule has 1 saturated heterocycles. The van der Waals surface area contributed by atoms with Crippen LogP contribution in [-0.2, 0) is 0 Å². The van der Waals surface area contributed by atoms with Crippen LogP contribution in [-0.4, -0.2) is 37.1 Å². The zero-order valence-electron chi connectivity index (χ0n) is 10.2. The van der Waals surface area contributed by atoms with Crippen LogP contribution in [0.2, 0.25) is 0 Å². The van der Waals surface area contributed by atoms with E-state index in [9.17, 15) is 0 Å². The van der Waals surface area contributed by atoms with E-state index < -0.39 is 0 Å². The summed E-state index contributed by atoms with van der Waals surface area (Å²) in [5.74, 6) is 0.838. The molecular weight excluding hydrogens is 172 g/mol. The van der Waals surface area contributed by atoms with Crippen LogP contribution in [0.3, 0.4) is 0 Å². The first-order valence-electron chi connectivity index (χ1n) is 6.07. The number of nitrogens with one attached hydrogen (secondary N) is 1. The Morgan fingerprint density at radius 3 is 2.79 bits per heavy atom. The molecule has 0 spiro atoms. The molecule has 2 heteroatoms. The van der Waals surface area contributed by atoms with Gasteiger partial charge in [-0.05, 0) is 39.3 Å². The first kappa shape index (κ1) is 12.0. The van der Waals surface area contributed by atoms with E-state index in [1.807, 2.05) is 0 Å². The van der Waals surface area contributed by atoms with E-state index in [0.717, 1.165) is 12.0 Å². The predicted octanol–water partition coefficient (Wildman–Crippen LogP) is 2.10. The van der Waals surface area contributed by atoms with Crippen molar-refractivity contribution in [2.45, 2.75) is 52.1 Å². The van der Waals surface area contributed by atoms with E-state index in [2.05, 4.69) is 38.0 Å². The summed E-state index contributed by atoms with van der Waals surface area (Å²) in [5, 5.41) is 3.51. The summed E-state index contributed by atoms with van der Waals surface area (Å²) in [5.41, 5.74) is 0. The van der Waals surface area contributed by atoms with Gasteiger partial charge in [0.05, 0.1) is 0 Å². The summed E-state index contributed by atoms with van der Waals surface area (Å²) >= 11 is 0. The molecule has 0 saturated carbocycles. The summed E-state index contributed by atoms with van der Waals surface area (Å²) in [4.78, 5) is 2.56. The number of rotatable bonds is 4. The molecule has 0 radical (unpaired) electrons. The van der Waals surface area contributed by atoms with Crippen LogP contribution < -0.4 is 5.32 Å². The Bertz CT molecular complexity index is 158. The molecule has 2 nitrogen and oxygen atoms in total. The van der Waals surface area contributed by atoms with Crippen LogP contribution in [0.1, 0.15) is 40.0 Å².